The quantitative estimate of drug-likeness (QED) is 0.723. The van der Waals surface area contributed by atoms with Crippen LogP contribution in [0.1, 0.15) is 32.6 Å². The molecule has 2 unspecified atom stereocenters. The standard InChI is InChI=1S/C11H19NO5S/c1-2-17-11(14)7-18(15,16)12-8-3-4-9(12)6-10(13)5-8/h8-10,13H,2-7H2,1H3. The number of ether oxygens (including phenoxy) is 1. The molecule has 0 aromatic heterocycles. The summed E-state index contributed by atoms with van der Waals surface area (Å²) in [5, 5.41) is 9.63. The van der Waals surface area contributed by atoms with Crippen LogP contribution in [0.15, 0.2) is 0 Å². The summed E-state index contributed by atoms with van der Waals surface area (Å²) in [6.45, 7) is 1.82. The van der Waals surface area contributed by atoms with E-state index in [1.807, 2.05) is 0 Å². The van der Waals surface area contributed by atoms with Gasteiger partial charge in [0, 0.05) is 12.1 Å². The fourth-order valence-corrected chi connectivity index (χ4v) is 4.81. The molecule has 6 nitrogen and oxygen atoms in total. The Morgan fingerprint density at radius 2 is 1.89 bits per heavy atom. The van der Waals surface area contributed by atoms with E-state index in [2.05, 4.69) is 4.74 Å². The third-order valence-corrected chi connectivity index (χ3v) is 5.41. The third kappa shape index (κ3) is 2.67. The largest absolute Gasteiger partial charge is 0.465 e. The highest BCUT2D eigenvalue weighted by Crippen LogP contribution is 2.37. The van der Waals surface area contributed by atoms with E-state index < -0.39 is 27.8 Å². The van der Waals surface area contributed by atoms with Crippen molar-refractivity contribution in [3.63, 3.8) is 0 Å². The topological polar surface area (TPSA) is 83.9 Å². The fraction of sp³-hybridized carbons (Fsp3) is 0.909. The number of aliphatic hydroxyl groups excluding tert-OH is 1. The average Bonchev–Trinajstić information content (AvgIpc) is 2.52. The van der Waals surface area contributed by atoms with Gasteiger partial charge in [-0.05, 0) is 32.6 Å². The first-order valence-electron chi connectivity index (χ1n) is 6.29. The molecule has 0 saturated carbocycles. The fourth-order valence-electron chi connectivity index (χ4n) is 2.99. The maximum atomic E-state index is 12.2. The second kappa shape index (κ2) is 5.14. The van der Waals surface area contributed by atoms with Crippen LogP contribution in [-0.4, -0.2) is 54.3 Å². The molecule has 2 rings (SSSR count). The van der Waals surface area contributed by atoms with Crippen LogP contribution in [0.3, 0.4) is 0 Å². The van der Waals surface area contributed by atoms with Crippen LogP contribution in [0.25, 0.3) is 0 Å². The smallest absolute Gasteiger partial charge is 0.322 e. The zero-order valence-corrected chi connectivity index (χ0v) is 11.2. The Morgan fingerprint density at radius 1 is 1.33 bits per heavy atom. The molecule has 0 aliphatic carbocycles. The van der Waals surface area contributed by atoms with E-state index in [9.17, 15) is 18.3 Å². The van der Waals surface area contributed by atoms with Crippen LogP contribution < -0.4 is 0 Å². The number of hydrogen-bond donors (Lipinski definition) is 1. The van der Waals surface area contributed by atoms with Gasteiger partial charge in [-0.15, -0.1) is 0 Å². The molecule has 18 heavy (non-hydrogen) atoms. The van der Waals surface area contributed by atoms with Crippen molar-refractivity contribution in [2.45, 2.75) is 50.8 Å². The summed E-state index contributed by atoms with van der Waals surface area (Å²) >= 11 is 0. The first-order valence-corrected chi connectivity index (χ1v) is 7.90. The highest BCUT2D eigenvalue weighted by Gasteiger charge is 2.46. The van der Waals surface area contributed by atoms with Gasteiger partial charge in [0.25, 0.3) is 0 Å². The van der Waals surface area contributed by atoms with E-state index in [-0.39, 0.29) is 18.7 Å². The highest BCUT2D eigenvalue weighted by atomic mass is 32.2. The van der Waals surface area contributed by atoms with E-state index in [1.54, 1.807) is 6.92 Å². The monoisotopic (exact) mass is 277 g/mol. The molecule has 0 amide bonds. The second-order valence-electron chi connectivity index (χ2n) is 4.90. The molecule has 2 bridgehead atoms. The molecule has 0 aromatic rings. The van der Waals surface area contributed by atoms with Crippen molar-refractivity contribution < 1.29 is 23.1 Å². The SMILES string of the molecule is CCOC(=O)CS(=O)(=O)N1C2CCC1CC(O)C2. The van der Waals surface area contributed by atoms with Crippen molar-refractivity contribution in [1.29, 1.82) is 0 Å². The lowest BCUT2D eigenvalue weighted by Crippen LogP contribution is -2.49. The molecule has 2 aliphatic rings. The minimum absolute atomic E-state index is 0.154. The lowest BCUT2D eigenvalue weighted by atomic mass is 10.0. The molecule has 7 heteroatoms. The predicted octanol–water partition coefficient (Wildman–Crippen LogP) is -0.133. The van der Waals surface area contributed by atoms with Crippen LogP contribution in [-0.2, 0) is 19.6 Å². The van der Waals surface area contributed by atoms with Crippen molar-refractivity contribution in [3.05, 3.63) is 0 Å². The van der Waals surface area contributed by atoms with Gasteiger partial charge >= 0.3 is 5.97 Å². The van der Waals surface area contributed by atoms with Crippen LogP contribution in [0.4, 0.5) is 0 Å². The molecule has 0 radical (unpaired) electrons. The van der Waals surface area contributed by atoms with Crippen LogP contribution in [0.2, 0.25) is 0 Å². The lowest BCUT2D eigenvalue weighted by Gasteiger charge is -2.35. The second-order valence-corrected chi connectivity index (χ2v) is 6.78. The summed E-state index contributed by atoms with van der Waals surface area (Å²) in [5.41, 5.74) is 0. The van der Waals surface area contributed by atoms with Gasteiger partial charge in [-0.25, -0.2) is 8.42 Å². The number of carbonyl (C=O) groups is 1. The zero-order chi connectivity index (χ0) is 13.3. The normalized spacial score (nSPS) is 32.4. The first kappa shape index (κ1) is 13.8. The molecule has 2 saturated heterocycles. The Balaban J connectivity index is 2.09. The number of piperidine rings is 1. The average molecular weight is 277 g/mol. The summed E-state index contributed by atoms with van der Waals surface area (Å²) in [5.74, 6) is -1.30. The van der Waals surface area contributed by atoms with Crippen molar-refractivity contribution in [1.82, 2.24) is 4.31 Å². The van der Waals surface area contributed by atoms with E-state index in [4.69, 9.17) is 0 Å². The van der Waals surface area contributed by atoms with E-state index in [0.29, 0.717) is 12.8 Å². The van der Waals surface area contributed by atoms with Crippen molar-refractivity contribution in [2.75, 3.05) is 12.4 Å². The van der Waals surface area contributed by atoms with Crippen LogP contribution >= 0.6 is 0 Å². The lowest BCUT2D eigenvalue weighted by molar-refractivity contribution is -0.140. The van der Waals surface area contributed by atoms with Crippen LogP contribution in [0.5, 0.6) is 0 Å². The molecule has 2 fully saturated rings. The molecule has 104 valence electrons. The number of aliphatic hydroxyl groups is 1. The summed E-state index contributed by atoms with van der Waals surface area (Å²) in [6.07, 6.45) is 2.06. The minimum atomic E-state index is -3.62. The predicted molar refractivity (Wildman–Crippen MR) is 64.3 cm³/mol. The van der Waals surface area contributed by atoms with Gasteiger partial charge in [0.15, 0.2) is 5.75 Å². The highest BCUT2D eigenvalue weighted by molar-refractivity contribution is 7.89. The number of nitrogens with zero attached hydrogens (tertiary/aromatic N) is 1. The number of sulfonamides is 1. The van der Waals surface area contributed by atoms with Gasteiger partial charge in [0.2, 0.25) is 10.0 Å². The Hall–Kier alpha value is -0.660. The molecule has 2 aliphatic heterocycles. The molecule has 0 spiro atoms. The molecule has 0 aromatic carbocycles. The molecular weight excluding hydrogens is 258 g/mol. The summed E-state index contributed by atoms with van der Waals surface area (Å²) in [7, 11) is -3.62. The van der Waals surface area contributed by atoms with Gasteiger partial charge in [-0.3, -0.25) is 4.79 Å². The minimum Gasteiger partial charge on any atom is -0.465 e. The van der Waals surface area contributed by atoms with Gasteiger partial charge in [0.1, 0.15) is 0 Å². The summed E-state index contributed by atoms with van der Waals surface area (Å²) in [4.78, 5) is 11.3. The van der Waals surface area contributed by atoms with Gasteiger partial charge < -0.3 is 9.84 Å². The Morgan fingerprint density at radius 3 is 2.39 bits per heavy atom. The van der Waals surface area contributed by atoms with Crippen LogP contribution in [0, 0.1) is 0 Å². The number of esters is 1. The number of fused-ring (bicyclic) bond motifs is 2. The number of hydrogen-bond acceptors (Lipinski definition) is 5. The molecular formula is C11H19NO5S. The van der Waals surface area contributed by atoms with E-state index in [1.165, 1.54) is 4.31 Å². The number of carbonyl (C=O) groups excluding carboxylic acids is 1. The van der Waals surface area contributed by atoms with Crippen molar-refractivity contribution >= 4 is 16.0 Å². The maximum absolute atomic E-state index is 12.2. The van der Waals surface area contributed by atoms with Gasteiger partial charge in [-0.1, -0.05) is 0 Å². The number of rotatable bonds is 4. The third-order valence-electron chi connectivity index (χ3n) is 3.57. The Labute approximate surface area is 107 Å². The Kier molecular flexibility index (Phi) is 3.93. The molecule has 2 atom stereocenters. The molecule has 1 N–H and O–H groups in total. The van der Waals surface area contributed by atoms with E-state index >= 15 is 0 Å². The van der Waals surface area contributed by atoms with Gasteiger partial charge in [0.05, 0.1) is 12.7 Å². The first-order chi connectivity index (χ1) is 8.44. The van der Waals surface area contributed by atoms with Gasteiger partial charge in [-0.2, -0.15) is 4.31 Å². The summed E-state index contributed by atoms with van der Waals surface area (Å²) < 4.78 is 30.5. The Bertz CT molecular complexity index is 407. The molecule has 2 heterocycles. The maximum Gasteiger partial charge on any atom is 0.322 e. The van der Waals surface area contributed by atoms with Crippen molar-refractivity contribution in [2.24, 2.45) is 0 Å². The van der Waals surface area contributed by atoms with Crippen molar-refractivity contribution in [3.8, 4) is 0 Å². The van der Waals surface area contributed by atoms with E-state index in [0.717, 1.165) is 12.8 Å². The summed E-state index contributed by atoms with van der Waals surface area (Å²) in [6, 6.07) is -0.309. The zero-order valence-electron chi connectivity index (χ0n) is 10.4.